The van der Waals surface area contributed by atoms with E-state index in [1.54, 1.807) is 6.20 Å². The average molecular weight is 277 g/mol. The standard InChI is InChI=1S/C17H15N3O/c21-17(15-11-18-19-12-15)20-16-9-5-4-8-14(16)10-13-6-2-1-3-7-13/h1-9,11-12H,10H2,(H,18,19)(H,20,21). The smallest absolute Gasteiger partial charge is 0.258 e. The fraction of sp³-hybridized carbons (Fsp3) is 0.0588. The molecule has 0 unspecified atom stereocenters. The number of para-hydroxylation sites is 1. The zero-order valence-electron chi connectivity index (χ0n) is 11.4. The van der Waals surface area contributed by atoms with E-state index in [2.05, 4.69) is 27.6 Å². The first kappa shape index (κ1) is 13.1. The number of nitrogens with zero attached hydrogens (tertiary/aromatic N) is 1. The maximum absolute atomic E-state index is 12.1. The summed E-state index contributed by atoms with van der Waals surface area (Å²) in [5.74, 6) is -0.163. The zero-order valence-corrected chi connectivity index (χ0v) is 11.4. The Balaban J connectivity index is 1.81. The van der Waals surface area contributed by atoms with Gasteiger partial charge >= 0.3 is 0 Å². The largest absolute Gasteiger partial charge is 0.322 e. The third-order valence-corrected chi connectivity index (χ3v) is 3.26. The normalized spacial score (nSPS) is 10.3. The minimum Gasteiger partial charge on any atom is -0.322 e. The Hall–Kier alpha value is -2.88. The number of aromatic nitrogens is 2. The minimum absolute atomic E-state index is 0.163. The second-order valence-electron chi connectivity index (χ2n) is 4.76. The van der Waals surface area contributed by atoms with Crippen molar-refractivity contribution < 1.29 is 4.79 Å². The van der Waals surface area contributed by atoms with Gasteiger partial charge in [-0.3, -0.25) is 9.89 Å². The van der Waals surface area contributed by atoms with Gasteiger partial charge in [-0.1, -0.05) is 48.5 Å². The second kappa shape index (κ2) is 6.05. The molecule has 0 aliphatic heterocycles. The van der Waals surface area contributed by atoms with Crippen LogP contribution in [-0.2, 0) is 6.42 Å². The summed E-state index contributed by atoms with van der Waals surface area (Å²) in [4.78, 5) is 12.1. The fourth-order valence-electron chi connectivity index (χ4n) is 2.18. The van der Waals surface area contributed by atoms with Crippen molar-refractivity contribution in [3.05, 3.63) is 83.7 Å². The SMILES string of the molecule is O=C(Nc1ccccc1Cc1ccccc1)c1cn[nH]c1. The third-order valence-electron chi connectivity index (χ3n) is 3.26. The van der Waals surface area contributed by atoms with E-state index in [0.29, 0.717) is 5.56 Å². The molecular formula is C17H15N3O. The lowest BCUT2D eigenvalue weighted by Crippen LogP contribution is -2.12. The highest BCUT2D eigenvalue weighted by Gasteiger charge is 2.09. The van der Waals surface area contributed by atoms with E-state index in [1.165, 1.54) is 11.8 Å². The summed E-state index contributed by atoms with van der Waals surface area (Å²) >= 11 is 0. The van der Waals surface area contributed by atoms with Crippen LogP contribution >= 0.6 is 0 Å². The van der Waals surface area contributed by atoms with Gasteiger partial charge in [-0.25, -0.2) is 0 Å². The molecule has 0 fully saturated rings. The highest BCUT2D eigenvalue weighted by atomic mass is 16.1. The van der Waals surface area contributed by atoms with Crippen LogP contribution in [0.5, 0.6) is 0 Å². The molecule has 0 aliphatic rings. The minimum atomic E-state index is -0.163. The summed E-state index contributed by atoms with van der Waals surface area (Å²) in [5.41, 5.74) is 3.64. The number of nitrogens with one attached hydrogen (secondary N) is 2. The van der Waals surface area contributed by atoms with Crippen molar-refractivity contribution >= 4 is 11.6 Å². The van der Waals surface area contributed by atoms with Gasteiger partial charge in [0.15, 0.2) is 0 Å². The van der Waals surface area contributed by atoms with E-state index < -0.39 is 0 Å². The van der Waals surface area contributed by atoms with Gasteiger partial charge in [-0.05, 0) is 23.6 Å². The van der Waals surface area contributed by atoms with Crippen molar-refractivity contribution in [2.75, 3.05) is 5.32 Å². The van der Waals surface area contributed by atoms with Crippen molar-refractivity contribution in [1.82, 2.24) is 10.2 Å². The van der Waals surface area contributed by atoms with E-state index in [0.717, 1.165) is 17.7 Å². The molecule has 21 heavy (non-hydrogen) atoms. The number of anilines is 1. The lowest BCUT2D eigenvalue weighted by Gasteiger charge is -2.10. The van der Waals surface area contributed by atoms with Gasteiger partial charge in [-0.15, -0.1) is 0 Å². The van der Waals surface area contributed by atoms with Gasteiger partial charge < -0.3 is 5.32 Å². The second-order valence-corrected chi connectivity index (χ2v) is 4.76. The van der Waals surface area contributed by atoms with Gasteiger partial charge in [0.05, 0.1) is 11.8 Å². The third kappa shape index (κ3) is 3.17. The molecule has 3 aromatic rings. The molecular weight excluding hydrogens is 262 g/mol. The summed E-state index contributed by atoms with van der Waals surface area (Å²) in [6.07, 6.45) is 3.87. The number of H-pyrrole nitrogens is 1. The van der Waals surface area contributed by atoms with Crippen LogP contribution in [0, 0.1) is 0 Å². The lowest BCUT2D eigenvalue weighted by atomic mass is 10.0. The predicted molar refractivity (Wildman–Crippen MR) is 82.2 cm³/mol. The van der Waals surface area contributed by atoms with Crippen molar-refractivity contribution in [3.63, 3.8) is 0 Å². The van der Waals surface area contributed by atoms with Crippen LogP contribution in [0.25, 0.3) is 0 Å². The Morgan fingerprint density at radius 3 is 2.57 bits per heavy atom. The van der Waals surface area contributed by atoms with Crippen molar-refractivity contribution in [2.45, 2.75) is 6.42 Å². The number of amides is 1. The maximum Gasteiger partial charge on any atom is 0.258 e. The molecule has 0 saturated heterocycles. The van der Waals surface area contributed by atoms with E-state index >= 15 is 0 Å². The summed E-state index contributed by atoms with van der Waals surface area (Å²) in [6.45, 7) is 0. The van der Waals surface area contributed by atoms with Crippen LogP contribution in [-0.4, -0.2) is 16.1 Å². The first-order chi connectivity index (χ1) is 10.3. The first-order valence-electron chi connectivity index (χ1n) is 6.75. The molecule has 104 valence electrons. The number of aromatic amines is 1. The van der Waals surface area contributed by atoms with Gasteiger partial charge in [0.25, 0.3) is 5.91 Å². The van der Waals surface area contributed by atoms with Crippen LogP contribution in [0.3, 0.4) is 0 Å². The molecule has 0 spiro atoms. The molecule has 2 N–H and O–H groups in total. The van der Waals surface area contributed by atoms with E-state index in [1.807, 2.05) is 42.5 Å². The number of carbonyl (C=O) groups is 1. The molecule has 3 rings (SSSR count). The summed E-state index contributed by atoms with van der Waals surface area (Å²) in [7, 11) is 0. The molecule has 1 aromatic heterocycles. The number of benzene rings is 2. The molecule has 4 nitrogen and oxygen atoms in total. The molecule has 1 amide bonds. The number of hydrogen-bond donors (Lipinski definition) is 2. The van der Waals surface area contributed by atoms with Gasteiger partial charge in [-0.2, -0.15) is 5.10 Å². The number of rotatable bonds is 4. The molecule has 0 atom stereocenters. The van der Waals surface area contributed by atoms with Crippen LogP contribution < -0.4 is 5.32 Å². The van der Waals surface area contributed by atoms with Gasteiger partial charge in [0.2, 0.25) is 0 Å². The quantitative estimate of drug-likeness (QED) is 0.769. The Morgan fingerprint density at radius 1 is 1.05 bits per heavy atom. The average Bonchev–Trinajstić information content (AvgIpc) is 3.05. The van der Waals surface area contributed by atoms with E-state index in [4.69, 9.17) is 0 Å². The molecule has 0 saturated carbocycles. The molecule has 0 radical (unpaired) electrons. The Kier molecular flexibility index (Phi) is 3.78. The molecule has 1 heterocycles. The van der Waals surface area contributed by atoms with E-state index in [9.17, 15) is 4.79 Å². The Bertz CT molecular complexity index is 721. The lowest BCUT2D eigenvalue weighted by molar-refractivity contribution is 0.102. The summed E-state index contributed by atoms with van der Waals surface area (Å²) in [6, 6.07) is 18.0. The van der Waals surface area contributed by atoms with Crippen LogP contribution in [0.2, 0.25) is 0 Å². The van der Waals surface area contributed by atoms with Crippen LogP contribution in [0.4, 0.5) is 5.69 Å². The Morgan fingerprint density at radius 2 is 1.81 bits per heavy atom. The molecule has 0 aliphatic carbocycles. The number of hydrogen-bond acceptors (Lipinski definition) is 2. The highest BCUT2D eigenvalue weighted by molar-refractivity contribution is 6.04. The predicted octanol–water partition coefficient (Wildman–Crippen LogP) is 3.25. The molecule has 0 bridgehead atoms. The monoisotopic (exact) mass is 277 g/mol. The fourth-order valence-corrected chi connectivity index (χ4v) is 2.18. The van der Waals surface area contributed by atoms with Crippen LogP contribution in [0.15, 0.2) is 67.0 Å². The Labute approximate surface area is 122 Å². The van der Waals surface area contributed by atoms with Crippen LogP contribution in [0.1, 0.15) is 21.5 Å². The van der Waals surface area contributed by atoms with Gasteiger partial charge in [0, 0.05) is 11.9 Å². The zero-order chi connectivity index (χ0) is 14.5. The van der Waals surface area contributed by atoms with Crippen molar-refractivity contribution in [2.24, 2.45) is 0 Å². The summed E-state index contributed by atoms with van der Waals surface area (Å²) in [5, 5.41) is 9.36. The molecule has 2 aromatic carbocycles. The highest BCUT2D eigenvalue weighted by Crippen LogP contribution is 2.19. The summed E-state index contributed by atoms with van der Waals surface area (Å²) < 4.78 is 0. The number of carbonyl (C=O) groups excluding carboxylic acids is 1. The maximum atomic E-state index is 12.1. The van der Waals surface area contributed by atoms with Gasteiger partial charge in [0.1, 0.15) is 0 Å². The molecule has 4 heteroatoms. The van der Waals surface area contributed by atoms with Crippen molar-refractivity contribution in [1.29, 1.82) is 0 Å². The topological polar surface area (TPSA) is 57.8 Å². The van der Waals surface area contributed by atoms with Crippen molar-refractivity contribution in [3.8, 4) is 0 Å². The first-order valence-corrected chi connectivity index (χ1v) is 6.75. The van der Waals surface area contributed by atoms with E-state index in [-0.39, 0.29) is 5.91 Å².